The summed E-state index contributed by atoms with van der Waals surface area (Å²) in [7, 11) is 0. The number of amides is 1. The Morgan fingerprint density at radius 2 is 2.20 bits per heavy atom. The fraction of sp³-hybridized carbons (Fsp3) is 0.286. The molecule has 106 valence electrons. The predicted molar refractivity (Wildman–Crippen MR) is 75.4 cm³/mol. The third-order valence-corrected chi connectivity index (χ3v) is 3.02. The zero-order valence-electron chi connectivity index (χ0n) is 10.8. The highest BCUT2D eigenvalue weighted by Gasteiger charge is 2.10. The number of carbonyl (C=O) groups excluding carboxylic acids is 1. The van der Waals surface area contributed by atoms with Gasteiger partial charge in [0.15, 0.2) is 11.7 Å². The second kappa shape index (κ2) is 7.07. The van der Waals surface area contributed by atoms with Crippen molar-refractivity contribution in [3.8, 4) is 11.3 Å². The minimum absolute atomic E-state index is 0.0681. The lowest BCUT2D eigenvalue weighted by Gasteiger charge is -2.01. The van der Waals surface area contributed by atoms with Crippen molar-refractivity contribution in [3.63, 3.8) is 0 Å². The van der Waals surface area contributed by atoms with Gasteiger partial charge in [0.25, 0.3) is 0 Å². The number of benzene rings is 1. The Hall–Kier alpha value is -1.85. The molecule has 0 aliphatic carbocycles. The number of hydrogen-bond donors (Lipinski definition) is 2. The molecule has 20 heavy (non-hydrogen) atoms. The smallest absolute Gasteiger partial charge is 0.220 e. The number of nitrogens with zero attached hydrogens (tertiary/aromatic N) is 1. The lowest BCUT2D eigenvalue weighted by Crippen LogP contribution is -2.26. The molecule has 1 heterocycles. The topological polar surface area (TPSA) is 75.4 Å². The number of carbonyl (C=O) groups is 1. The summed E-state index contributed by atoms with van der Waals surface area (Å²) >= 11 is 6.08. The zero-order valence-corrected chi connectivity index (χ0v) is 11.6. The molecule has 0 saturated carbocycles. The molecular weight excluding hydrogens is 280 g/mol. The largest absolute Gasteiger partial charge is 0.441 e. The molecule has 0 spiro atoms. The minimum atomic E-state index is -0.142. The van der Waals surface area contributed by atoms with Crippen molar-refractivity contribution < 1.29 is 14.3 Å². The summed E-state index contributed by atoms with van der Waals surface area (Å²) in [6.45, 7) is 0.191. The summed E-state index contributed by atoms with van der Waals surface area (Å²) in [4.78, 5) is 15.5. The van der Waals surface area contributed by atoms with E-state index in [1.54, 1.807) is 12.3 Å². The van der Waals surface area contributed by atoms with Gasteiger partial charge in [-0.25, -0.2) is 4.98 Å². The quantitative estimate of drug-likeness (QED) is 0.855. The van der Waals surface area contributed by atoms with Gasteiger partial charge in [0, 0.05) is 24.9 Å². The van der Waals surface area contributed by atoms with Crippen molar-refractivity contribution in [3.05, 3.63) is 41.4 Å². The summed E-state index contributed by atoms with van der Waals surface area (Å²) < 4.78 is 5.58. The SMILES string of the molecule is O=C(CCc1ncc(-c2ccccc2Cl)o1)NCCO. The van der Waals surface area contributed by atoms with Crippen LogP contribution >= 0.6 is 11.6 Å². The maximum atomic E-state index is 11.4. The van der Waals surface area contributed by atoms with Crippen LogP contribution in [0.3, 0.4) is 0 Å². The first-order valence-corrected chi connectivity index (χ1v) is 6.65. The van der Waals surface area contributed by atoms with Gasteiger partial charge in [0.2, 0.25) is 5.91 Å². The van der Waals surface area contributed by atoms with E-state index in [0.29, 0.717) is 23.1 Å². The average molecular weight is 295 g/mol. The molecule has 0 aliphatic rings. The second-order valence-electron chi connectivity index (χ2n) is 4.17. The molecule has 1 aromatic carbocycles. The van der Waals surface area contributed by atoms with Crippen LogP contribution < -0.4 is 5.32 Å². The lowest BCUT2D eigenvalue weighted by molar-refractivity contribution is -0.121. The van der Waals surface area contributed by atoms with Crippen molar-refractivity contribution in [2.75, 3.05) is 13.2 Å². The van der Waals surface area contributed by atoms with Crippen LogP contribution in [0.15, 0.2) is 34.9 Å². The van der Waals surface area contributed by atoms with Crippen LogP contribution in [0.4, 0.5) is 0 Å². The van der Waals surface area contributed by atoms with Crippen molar-refractivity contribution >= 4 is 17.5 Å². The van der Waals surface area contributed by atoms with Gasteiger partial charge in [-0.2, -0.15) is 0 Å². The number of aliphatic hydroxyl groups is 1. The highest BCUT2D eigenvalue weighted by Crippen LogP contribution is 2.28. The first-order chi connectivity index (χ1) is 9.70. The van der Waals surface area contributed by atoms with Gasteiger partial charge < -0.3 is 14.8 Å². The number of aliphatic hydroxyl groups excluding tert-OH is 1. The molecule has 0 aliphatic heterocycles. The molecule has 0 atom stereocenters. The van der Waals surface area contributed by atoms with E-state index in [1.807, 2.05) is 18.2 Å². The van der Waals surface area contributed by atoms with Crippen LogP contribution in [-0.2, 0) is 11.2 Å². The van der Waals surface area contributed by atoms with Crippen LogP contribution in [-0.4, -0.2) is 29.1 Å². The highest BCUT2D eigenvalue weighted by atomic mass is 35.5. The third kappa shape index (κ3) is 3.82. The number of hydrogen-bond acceptors (Lipinski definition) is 4. The van der Waals surface area contributed by atoms with Gasteiger partial charge >= 0.3 is 0 Å². The number of rotatable bonds is 6. The van der Waals surface area contributed by atoms with E-state index in [4.69, 9.17) is 21.1 Å². The second-order valence-corrected chi connectivity index (χ2v) is 4.58. The molecule has 0 bridgehead atoms. The van der Waals surface area contributed by atoms with Gasteiger partial charge in [-0.1, -0.05) is 23.7 Å². The lowest BCUT2D eigenvalue weighted by atomic mass is 10.2. The Labute approximate surface area is 121 Å². The predicted octanol–water partition coefficient (Wildman–Crippen LogP) is 2.04. The van der Waals surface area contributed by atoms with Crippen molar-refractivity contribution in [2.24, 2.45) is 0 Å². The molecule has 0 fully saturated rings. The molecule has 1 aromatic heterocycles. The minimum Gasteiger partial charge on any atom is -0.441 e. The summed E-state index contributed by atoms with van der Waals surface area (Å²) in [6, 6.07) is 7.34. The van der Waals surface area contributed by atoms with Crippen molar-refractivity contribution in [2.45, 2.75) is 12.8 Å². The molecule has 1 amide bonds. The summed E-state index contributed by atoms with van der Waals surface area (Å²) in [5.74, 6) is 0.928. The summed E-state index contributed by atoms with van der Waals surface area (Å²) in [6.07, 6.45) is 2.27. The van der Waals surface area contributed by atoms with E-state index in [0.717, 1.165) is 5.56 Å². The van der Waals surface area contributed by atoms with Crippen LogP contribution in [0.1, 0.15) is 12.3 Å². The molecule has 5 nitrogen and oxygen atoms in total. The molecule has 2 rings (SSSR count). The Morgan fingerprint density at radius 3 is 2.95 bits per heavy atom. The third-order valence-electron chi connectivity index (χ3n) is 2.69. The summed E-state index contributed by atoms with van der Waals surface area (Å²) in [5, 5.41) is 11.8. The Kier molecular flexibility index (Phi) is 5.15. The van der Waals surface area contributed by atoms with E-state index < -0.39 is 0 Å². The average Bonchev–Trinajstić information content (AvgIpc) is 2.92. The fourth-order valence-electron chi connectivity index (χ4n) is 1.72. The number of aromatic nitrogens is 1. The van der Waals surface area contributed by atoms with Crippen molar-refractivity contribution in [1.82, 2.24) is 10.3 Å². The molecule has 0 saturated heterocycles. The number of halogens is 1. The van der Waals surface area contributed by atoms with Crippen LogP contribution in [0.5, 0.6) is 0 Å². The number of nitrogens with one attached hydrogen (secondary N) is 1. The van der Waals surface area contributed by atoms with Gasteiger partial charge in [-0.15, -0.1) is 0 Å². The van der Waals surface area contributed by atoms with E-state index >= 15 is 0 Å². The fourth-order valence-corrected chi connectivity index (χ4v) is 1.94. The normalized spacial score (nSPS) is 10.5. The van der Waals surface area contributed by atoms with E-state index in [-0.39, 0.29) is 25.5 Å². The first kappa shape index (κ1) is 14.6. The Bertz CT molecular complexity index is 583. The highest BCUT2D eigenvalue weighted by molar-refractivity contribution is 6.33. The standard InChI is InChI=1S/C14H15ClN2O3/c15-11-4-2-1-3-10(11)12-9-17-14(20-12)6-5-13(19)16-7-8-18/h1-4,9,18H,5-8H2,(H,16,19). The Balaban J connectivity index is 1.96. The molecule has 0 radical (unpaired) electrons. The molecule has 2 N–H and O–H groups in total. The van der Waals surface area contributed by atoms with Crippen LogP contribution in [0, 0.1) is 0 Å². The maximum absolute atomic E-state index is 11.4. The maximum Gasteiger partial charge on any atom is 0.220 e. The van der Waals surface area contributed by atoms with E-state index in [9.17, 15) is 4.79 Å². The molecule has 6 heteroatoms. The Morgan fingerprint density at radius 1 is 1.40 bits per heavy atom. The van der Waals surface area contributed by atoms with E-state index in [2.05, 4.69) is 10.3 Å². The van der Waals surface area contributed by atoms with Gasteiger partial charge in [-0.3, -0.25) is 4.79 Å². The van der Waals surface area contributed by atoms with Crippen LogP contribution in [0.25, 0.3) is 11.3 Å². The van der Waals surface area contributed by atoms with Gasteiger partial charge in [-0.05, 0) is 12.1 Å². The van der Waals surface area contributed by atoms with E-state index in [1.165, 1.54) is 0 Å². The van der Waals surface area contributed by atoms with Crippen molar-refractivity contribution in [1.29, 1.82) is 0 Å². The molecule has 0 unspecified atom stereocenters. The van der Waals surface area contributed by atoms with Crippen LogP contribution in [0.2, 0.25) is 5.02 Å². The first-order valence-electron chi connectivity index (χ1n) is 6.28. The molecular formula is C14H15ClN2O3. The summed E-state index contributed by atoms with van der Waals surface area (Å²) in [5.41, 5.74) is 0.776. The number of aryl methyl sites for hydroxylation is 1. The number of oxazole rings is 1. The van der Waals surface area contributed by atoms with Gasteiger partial charge in [0.1, 0.15) is 0 Å². The van der Waals surface area contributed by atoms with Gasteiger partial charge in [0.05, 0.1) is 17.8 Å². The monoisotopic (exact) mass is 294 g/mol. The zero-order chi connectivity index (χ0) is 14.4. The molecule has 2 aromatic rings.